The van der Waals surface area contributed by atoms with Crippen LogP contribution in [0.25, 0.3) is 28.3 Å². The van der Waals surface area contributed by atoms with Gasteiger partial charge in [0, 0.05) is 41.3 Å². The number of nitrogens with one attached hydrogen (secondary N) is 1. The molecule has 35 heavy (non-hydrogen) atoms. The molecular weight excluding hydrogens is 448 g/mol. The molecule has 4 rings (SSSR count). The summed E-state index contributed by atoms with van der Waals surface area (Å²) in [6, 6.07) is 5.61. The summed E-state index contributed by atoms with van der Waals surface area (Å²) >= 11 is 0. The molecule has 1 aliphatic rings. The number of aryl methyl sites for hydroxylation is 1. The summed E-state index contributed by atoms with van der Waals surface area (Å²) in [4.78, 5) is 18.7. The zero-order valence-corrected chi connectivity index (χ0v) is 19.5. The summed E-state index contributed by atoms with van der Waals surface area (Å²) in [7, 11) is 2.06. The number of halogens is 2. The van der Waals surface area contributed by atoms with Crippen LogP contribution in [0.3, 0.4) is 0 Å². The van der Waals surface area contributed by atoms with Gasteiger partial charge in [0.15, 0.2) is 11.6 Å². The topological polar surface area (TPSA) is 92.8 Å². The van der Waals surface area contributed by atoms with Gasteiger partial charge in [0.05, 0.1) is 11.9 Å². The van der Waals surface area contributed by atoms with Crippen molar-refractivity contribution >= 4 is 11.5 Å². The van der Waals surface area contributed by atoms with Gasteiger partial charge in [0.2, 0.25) is 0 Å². The number of aromatic nitrogens is 4. The Kier molecular flexibility index (Phi) is 8.45. The number of rotatable bonds is 7. The molecule has 3 aromatic heterocycles. The minimum atomic E-state index is -0.974. The lowest BCUT2D eigenvalue weighted by Crippen LogP contribution is -2.43. The molecule has 1 unspecified atom stereocenters. The first kappa shape index (κ1) is 26.2. The van der Waals surface area contributed by atoms with Crippen LogP contribution in [0.4, 0.5) is 14.6 Å². The molecule has 0 saturated carbocycles. The van der Waals surface area contributed by atoms with Gasteiger partial charge in [0.25, 0.3) is 5.95 Å². The Balaban J connectivity index is 0.00000342. The fourth-order valence-corrected chi connectivity index (χ4v) is 4.14. The van der Waals surface area contributed by atoms with E-state index in [1.54, 1.807) is 12.3 Å². The van der Waals surface area contributed by atoms with Crippen molar-refractivity contribution in [3.8, 4) is 22.6 Å². The number of likely N-dealkylation sites (N-methyl/N-ethyl adjacent to an activating group) is 1. The quantitative estimate of drug-likeness (QED) is 0.505. The van der Waals surface area contributed by atoms with Gasteiger partial charge in [-0.3, -0.25) is 4.98 Å². The largest absolute Gasteiger partial charge is 0.381 e. The van der Waals surface area contributed by atoms with Crippen LogP contribution in [0.5, 0.6) is 0 Å². The van der Waals surface area contributed by atoms with E-state index in [1.165, 1.54) is 6.20 Å². The van der Waals surface area contributed by atoms with E-state index < -0.39 is 11.8 Å². The lowest BCUT2D eigenvalue weighted by Gasteiger charge is -2.31. The van der Waals surface area contributed by atoms with Crippen LogP contribution in [-0.4, -0.2) is 51.0 Å². The number of hydrogen-bond acceptors (Lipinski definition) is 7. The third-order valence-electron chi connectivity index (χ3n) is 5.91. The normalized spacial score (nSPS) is 15.9. The maximum atomic E-state index is 15.7. The van der Waals surface area contributed by atoms with Gasteiger partial charge in [-0.25, -0.2) is 19.3 Å². The average Bonchev–Trinajstić information content (AvgIpc) is 2.82. The molecule has 9 heteroatoms. The molecule has 4 heterocycles. The highest BCUT2D eigenvalue weighted by Gasteiger charge is 2.23. The fourth-order valence-electron chi connectivity index (χ4n) is 4.14. The van der Waals surface area contributed by atoms with Crippen molar-refractivity contribution in [2.45, 2.75) is 46.1 Å². The van der Waals surface area contributed by atoms with Crippen molar-refractivity contribution < 1.29 is 8.78 Å². The first-order valence-corrected chi connectivity index (χ1v) is 11.4. The second-order valence-corrected chi connectivity index (χ2v) is 8.66. The maximum Gasteiger partial charge on any atom is 0.256 e. The van der Waals surface area contributed by atoms with Gasteiger partial charge in [-0.1, -0.05) is 27.4 Å². The molecular formula is C26H33F2N7. The molecule has 1 aliphatic heterocycles. The monoisotopic (exact) mass is 481 g/mol. The SMILES string of the molecule is C.C=C(NC1CCCN(C)C1)c1cc(-c2ccc(CCC)nc2)nc(-c2cnc(N)c(F)n2)c1F. The van der Waals surface area contributed by atoms with Crippen molar-refractivity contribution in [3.05, 3.63) is 60.2 Å². The minimum absolute atomic E-state index is 0. The first-order chi connectivity index (χ1) is 16.4. The van der Waals surface area contributed by atoms with Crippen LogP contribution in [0.1, 0.15) is 44.9 Å². The Morgan fingerprint density at radius 1 is 1.20 bits per heavy atom. The molecule has 0 amide bonds. The van der Waals surface area contributed by atoms with Crippen LogP contribution in [0.2, 0.25) is 0 Å². The van der Waals surface area contributed by atoms with Crippen molar-refractivity contribution in [3.63, 3.8) is 0 Å². The number of nitrogen functional groups attached to an aromatic ring is 1. The summed E-state index contributed by atoms with van der Waals surface area (Å²) in [6.45, 7) is 8.06. The molecule has 7 nitrogen and oxygen atoms in total. The number of nitrogens with zero attached hydrogens (tertiary/aromatic N) is 5. The van der Waals surface area contributed by atoms with Gasteiger partial charge in [-0.05, 0) is 51.1 Å². The Morgan fingerprint density at radius 3 is 2.66 bits per heavy atom. The number of anilines is 1. The maximum absolute atomic E-state index is 15.7. The zero-order valence-electron chi connectivity index (χ0n) is 19.5. The highest BCUT2D eigenvalue weighted by atomic mass is 19.1. The third-order valence-corrected chi connectivity index (χ3v) is 5.91. The molecule has 3 N–H and O–H groups in total. The standard InChI is InChI=1S/C25H29F2N7.CH4/c1-4-6-17-9-8-16(12-29-17)20-11-19(15(2)31-18-7-5-10-34(3)14-18)22(26)23(32-20)21-13-30-25(28)24(27)33-21;/h8-9,11-13,18,31H,2,4-7,10,14H2,1,3H3,(H2,28,30);1H4. The van der Waals surface area contributed by atoms with Gasteiger partial charge in [-0.2, -0.15) is 4.39 Å². The van der Waals surface area contributed by atoms with Gasteiger partial charge >= 0.3 is 0 Å². The molecule has 0 spiro atoms. The van der Waals surface area contributed by atoms with Crippen molar-refractivity contribution in [2.75, 3.05) is 25.9 Å². The molecule has 0 bridgehead atoms. The molecule has 186 valence electrons. The summed E-state index contributed by atoms with van der Waals surface area (Å²) < 4.78 is 29.8. The second-order valence-electron chi connectivity index (χ2n) is 8.66. The van der Waals surface area contributed by atoms with E-state index in [0.29, 0.717) is 17.0 Å². The summed E-state index contributed by atoms with van der Waals surface area (Å²) in [5, 5.41) is 3.36. The molecule has 1 atom stereocenters. The number of hydrogen-bond donors (Lipinski definition) is 2. The molecule has 1 fully saturated rings. The summed E-state index contributed by atoms with van der Waals surface area (Å²) in [5.41, 5.74) is 8.11. The van der Waals surface area contributed by atoms with Gasteiger partial charge in [0.1, 0.15) is 11.4 Å². The summed E-state index contributed by atoms with van der Waals surface area (Å²) in [5.74, 6) is -1.98. The Labute approximate surface area is 205 Å². The van der Waals surface area contributed by atoms with E-state index in [1.807, 2.05) is 12.1 Å². The lowest BCUT2D eigenvalue weighted by atomic mass is 10.0. The van der Waals surface area contributed by atoms with Crippen molar-refractivity contribution in [1.82, 2.24) is 30.2 Å². The highest BCUT2D eigenvalue weighted by Crippen LogP contribution is 2.30. The number of nitrogens with two attached hydrogens (primary N) is 1. The predicted molar refractivity (Wildman–Crippen MR) is 136 cm³/mol. The fraction of sp³-hybridized carbons (Fsp3) is 0.385. The Morgan fingerprint density at radius 2 is 2.00 bits per heavy atom. The third kappa shape index (κ3) is 5.97. The predicted octanol–water partition coefficient (Wildman–Crippen LogP) is 4.70. The molecule has 3 aromatic rings. The van der Waals surface area contributed by atoms with E-state index in [4.69, 9.17) is 5.73 Å². The summed E-state index contributed by atoms with van der Waals surface area (Å²) in [6.07, 6.45) is 6.79. The number of likely N-dealkylation sites (tertiary alicyclic amines) is 1. The zero-order chi connectivity index (χ0) is 24.2. The number of pyridine rings is 2. The van der Waals surface area contributed by atoms with Crippen LogP contribution in [0, 0.1) is 11.8 Å². The van der Waals surface area contributed by atoms with Gasteiger partial charge < -0.3 is 16.0 Å². The first-order valence-electron chi connectivity index (χ1n) is 11.4. The van der Waals surface area contributed by atoms with E-state index in [-0.39, 0.29) is 36.2 Å². The highest BCUT2D eigenvalue weighted by molar-refractivity contribution is 5.74. The van der Waals surface area contributed by atoms with Crippen LogP contribution < -0.4 is 11.1 Å². The van der Waals surface area contributed by atoms with Crippen LogP contribution >= 0.6 is 0 Å². The Hall–Kier alpha value is -3.46. The lowest BCUT2D eigenvalue weighted by molar-refractivity contribution is 0.239. The number of piperidine rings is 1. The minimum Gasteiger partial charge on any atom is -0.381 e. The van der Waals surface area contributed by atoms with E-state index in [9.17, 15) is 4.39 Å². The molecule has 0 aliphatic carbocycles. The van der Waals surface area contributed by atoms with E-state index in [2.05, 4.69) is 50.7 Å². The Bertz CT molecular complexity index is 1180. The van der Waals surface area contributed by atoms with Crippen LogP contribution in [-0.2, 0) is 6.42 Å². The van der Waals surface area contributed by atoms with Crippen molar-refractivity contribution in [2.24, 2.45) is 0 Å². The average molecular weight is 482 g/mol. The second kappa shape index (κ2) is 11.3. The smallest absolute Gasteiger partial charge is 0.256 e. The van der Waals surface area contributed by atoms with Crippen molar-refractivity contribution in [1.29, 1.82) is 0 Å². The molecule has 1 saturated heterocycles. The molecule has 0 radical (unpaired) electrons. The van der Waals surface area contributed by atoms with Gasteiger partial charge in [-0.15, -0.1) is 0 Å². The van der Waals surface area contributed by atoms with E-state index in [0.717, 1.165) is 44.5 Å². The molecule has 0 aromatic carbocycles. The van der Waals surface area contributed by atoms with Crippen LogP contribution in [0.15, 0.2) is 37.2 Å². The van der Waals surface area contributed by atoms with E-state index >= 15 is 4.39 Å².